The van der Waals surface area contributed by atoms with Gasteiger partial charge in [-0.2, -0.15) is 4.58 Å². The Kier molecular flexibility index (Phi) is 11.2. The van der Waals surface area contributed by atoms with Crippen LogP contribution >= 0.6 is 0 Å². The monoisotopic (exact) mass is 869 g/mol. The van der Waals surface area contributed by atoms with Crippen molar-refractivity contribution in [2.24, 2.45) is 0 Å². The molecule has 0 amide bonds. The van der Waals surface area contributed by atoms with Crippen molar-refractivity contribution in [3.63, 3.8) is 0 Å². The summed E-state index contributed by atoms with van der Waals surface area (Å²) >= 11 is 0. The summed E-state index contributed by atoms with van der Waals surface area (Å²) in [5, 5.41) is 4.94. The molecule has 328 valence electrons. The summed E-state index contributed by atoms with van der Waals surface area (Å²) in [6.07, 6.45) is 29.1. The molecule has 0 spiro atoms. The molecule has 0 saturated carbocycles. The van der Waals surface area contributed by atoms with Crippen molar-refractivity contribution < 1.29 is 9.31 Å². The molecule has 1 heterocycles. The van der Waals surface area contributed by atoms with Crippen LogP contribution in [0.4, 0.5) is 5.69 Å². The largest absolute Gasteiger partial charge is 0.477 e. The Morgan fingerprint density at radius 3 is 2.43 bits per heavy atom. The van der Waals surface area contributed by atoms with Crippen LogP contribution < -0.4 is 15.2 Å². The Morgan fingerprint density at radius 1 is 0.806 bits per heavy atom. The van der Waals surface area contributed by atoms with Crippen LogP contribution in [-0.4, -0.2) is 21.8 Å². The third kappa shape index (κ3) is 7.53. The quantitative estimate of drug-likeness (QED) is 0.0400. The lowest BCUT2D eigenvalue weighted by Crippen LogP contribution is -2.37. The van der Waals surface area contributed by atoms with Gasteiger partial charge in [0.15, 0.2) is 12.3 Å². The summed E-state index contributed by atoms with van der Waals surface area (Å²) in [6, 6.07) is 50.7. The molecule has 1 aliphatic heterocycles. The van der Waals surface area contributed by atoms with E-state index in [0.29, 0.717) is 0 Å². The number of fused-ring (bicyclic) bond motifs is 5. The van der Waals surface area contributed by atoms with Gasteiger partial charge in [0.25, 0.3) is 0 Å². The van der Waals surface area contributed by atoms with Gasteiger partial charge < -0.3 is 9.64 Å². The zero-order valence-electron chi connectivity index (χ0n) is 38.6. The Hall–Kier alpha value is -7.49. The van der Waals surface area contributed by atoms with Crippen molar-refractivity contribution >= 4 is 45.6 Å². The van der Waals surface area contributed by atoms with Crippen LogP contribution in [0.1, 0.15) is 85.6 Å². The minimum atomic E-state index is -0.216. The fourth-order valence-electron chi connectivity index (χ4n) is 11.4. The van der Waals surface area contributed by atoms with Gasteiger partial charge in [0.05, 0.1) is 5.92 Å². The lowest BCUT2D eigenvalue weighted by Gasteiger charge is -2.37. The van der Waals surface area contributed by atoms with Crippen LogP contribution in [0.2, 0.25) is 0 Å². The Morgan fingerprint density at radius 2 is 1.60 bits per heavy atom. The molecule has 6 aromatic rings. The van der Waals surface area contributed by atoms with Gasteiger partial charge in [0.1, 0.15) is 5.75 Å². The first kappa shape index (κ1) is 42.2. The smallest absolute Gasteiger partial charge is 0.228 e. The summed E-state index contributed by atoms with van der Waals surface area (Å²) in [5.74, 6) is 1.11. The van der Waals surface area contributed by atoms with Gasteiger partial charge in [-0.3, -0.25) is 0 Å². The van der Waals surface area contributed by atoms with E-state index in [1.54, 1.807) is 0 Å². The molecule has 3 nitrogen and oxygen atoms in total. The number of benzene rings is 6. The van der Waals surface area contributed by atoms with E-state index in [9.17, 15) is 0 Å². The topological polar surface area (TPSA) is 15.5 Å². The lowest BCUT2D eigenvalue weighted by molar-refractivity contribution is -0.392. The molecular weight excluding hydrogens is 813 g/mol. The van der Waals surface area contributed by atoms with Gasteiger partial charge in [-0.25, -0.2) is 0 Å². The molecule has 3 atom stereocenters. The standard InChI is InChI=1S/C64H57N2O/c1-5-7-18-39-65(49-27-12-9-13-28-49)59-34-20-32-55-54-31-19-25-46-35-37-52(63(61(46)54)67-62(55)59)48-41-47-24-14-15-29-51(47)60(42-48)66(40-21-26-44(6-2)45-22-10-8-11-23-45)50-36-38-58-56(43-50)53-30-16-17-33-57(53)64(58,3)4/h5-6,8-17,19-35,37,39-41,43,48,55,62H,1-2,7,18,36,38,42H2,3-4H3/q+1/b40-21+,44-26+,65-39-. The van der Waals surface area contributed by atoms with E-state index in [1.165, 1.54) is 66.0 Å². The zero-order chi connectivity index (χ0) is 45.5. The number of unbranched alkanes of at least 4 members (excludes halogenated alkanes) is 1. The van der Waals surface area contributed by atoms with E-state index in [0.717, 1.165) is 60.4 Å². The normalized spacial score (nSPS) is 20.2. The molecule has 6 aromatic carbocycles. The van der Waals surface area contributed by atoms with Crippen LogP contribution in [0.25, 0.3) is 33.7 Å². The summed E-state index contributed by atoms with van der Waals surface area (Å²) < 4.78 is 9.92. The van der Waals surface area contributed by atoms with E-state index in [1.807, 2.05) is 12.2 Å². The Bertz CT molecular complexity index is 3320. The van der Waals surface area contributed by atoms with Gasteiger partial charge >= 0.3 is 0 Å². The summed E-state index contributed by atoms with van der Waals surface area (Å²) in [7, 11) is 0. The maximum absolute atomic E-state index is 7.57. The van der Waals surface area contributed by atoms with Crippen molar-refractivity contribution in [3.8, 4) is 5.75 Å². The number of para-hydroxylation sites is 1. The van der Waals surface area contributed by atoms with Gasteiger partial charge in [-0.05, 0) is 81.8 Å². The highest BCUT2D eigenvalue weighted by atomic mass is 16.5. The van der Waals surface area contributed by atoms with Crippen molar-refractivity contribution in [2.75, 3.05) is 0 Å². The summed E-state index contributed by atoms with van der Waals surface area (Å²) in [5.41, 5.74) is 15.3. The maximum Gasteiger partial charge on any atom is 0.228 e. The number of hydrogen-bond acceptors (Lipinski definition) is 2. The van der Waals surface area contributed by atoms with Gasteiger partial charge in [-0.1, -0.05) is 190 Å². The number of allylic oxidation sites excluding steroid dienone is 11. The zero-order valence-corrected chi connectivity index (χ0v) is 38.6. The molecule has 3 unspecified atom stereocenters. The van der Waals surface area contributed by atoms with Gasteiger partial charge in [0.2, 0.25) is 11.4 Å². The van der Waals surface area contributed by atoms with Crippen LogP contribution in [0.15, 0.2) is 224 Å². The number of hydrogen-bond donors (Lipinski definition) is 0. The average molecular weight is 870 g/mol. The minimum absolute atomic E-state index is 0.00317. The van der Waals surface area contributed by atoms with Crippen LogP contribution in [0.5, 0.6) is 5.75 Å². The van der Waals surface area contributed by atoms with Crippen LogP contribution in [0.3, 0.4) is 0 Å². The predicted octanol–water partition coefficient (Wildman–Crippen LogP) is 14.1. The number of ether oxygens (including phenoxy) is 1. The summed E-state index contributed by atoms with van der Waals surface area (Å²) in [4.78, 5) is 2.53. The molecular formula is C64H57N2O+. The molecule has 11 rings (SSSR count). The maximum atomic E-state index is 7.57. The highest BCUT2D eigenvalue weighted by Crippen LogP contribution is 2.53. The number of nitrogens with zero attached hydrogens (tertiary/aromatic N) is 2. The van der Waals surface area contributed by atoms with E-state index in [2.05, 4.69) is 231 Å². The van der Waals surface area contributed by atoms with Crippen LogP contribution in [0, 0.1) is 0 Å². The summed E-state index contributed by atoms with van der Waals surface area (Å²) in [6.45, 7) is 13.0. The molecule has 3 heteroatoms. The Labute approximate surface area is 395 Å². The third-order valence-electron chi connectivity index (χ3n) is 14.7. The fourth-order valence-corrected chi connectivity index (χ4v) is 11.4. The third-order valence-corrected chi connectivity index (χ3v) is 14.7. The average Bonchev–Trinajstić information content (AvgIpc) is 3.60. The molecule has 0 aromatic heterocycles. The molecule has 0 bridgehead atoms. The van der Waals surface area contributed by atoms with E-state index < -0.39 is 0 Å². The van der Waals surface area contributed by atoms with Crippen molar-refractivity contribution in [3.05, 3.63) is 263 Å². The molecule has 67 heavy (non-hydrogen) atoms. The number of rotatable bonds is 12. The van der Waals surface area contributed by atoms with Gasteiger partial charge in [0, 0.05) is 69.7 Å². The van der Waals surface area contributed by atoms with Gasteiger partial charge in [-0.15, -0.1) is 6.58 Å². The van der Waals surface area contributed by atoms with Crippen molar-refractivity contribution in [1.29, 1.82) is 0 Å². The van der Waals surface area contributed by atoms with Crippen LogP contribution in [-0.2, 0) is 5.41 Å². The van der Waals surface area contributed by atoms with E-state index >= 15 is 0 Å². The first-order valence-corrected chi connectivity index (χ1v) is 24.0. The molecule has 0 N–H and O–H groups in total. The van der Waals surface area contributed by atoms with E-state index in [-0.39, 0.29) is 23.4 Å². The van der Waals surface area contributed by atoms with E-state index in [4.69, 9.17) is 4.74 Å². The highest BCUT2D eigenvalue weighted by Gasteiger charge is 2.42. The minimum Gasteiger partial charge on any atom is -0.477 e. The SMILES string of the molecule is C=CCC/C=[N+](\C1=CC=CC2c3cccc4ccc(C5C=c6ccccc6=C(N(/C=C/C=C(\C=C)c6ccccc6)C6=CC7=C(CC6)C(C)(C)c6ccccc67)C5)c(c34)OC12)c1ccccc1. The second-order valence-corrected chi connectivity index (χ2v) is 18.8. The molecule has 0 saturated heterocycles. The fraction of sp³-hybridized carbons (Fsp3) is 0.172. The molecule has 0 fully saturated rings. The predicted molar refractivity (Wildman–Crippen MR) is 280 cm³/mol. The molecule has 5 aliphatic rings. The second-order valence-electron chi connectivity index (χ2n) is 18.8. The first-order valence-electron chi connectivity index (χ1n) is 24.0. The first-order chi connectivity index (χ1) is 32.9. The highest BCUT2D eigenvalue weighted by molar-refractivity contribution is 5.95. The second kappa shape index (κ2) is 17.7. The van der Waals surface area contributed by atoms with Crippen molar-refractivity contribution in [2.45, 2.75) is 69.3 Å². The lowest BCUT2D eigenvalue weighted by atomic mass is 9.78. The van der Waals surface area contributed by atoms with Crippen molar-refractivity contribution in [1.82, 2.24) is 4.90 Å². The Balaban J connectivity index is 1.04. The molecule has 0 radical (unpaired) electrons. The molecule has 4 aliphatic carbocycles.